The van der Waals surface area contributed by atoms with E-state index in [0.29, 0.717) is 22.2 Å². The highest BCUT2D eigenvalue weighted by atomic mass is 35.5. The molecule has 0 aliphatic rings. The molecule has 0 bridgehead atoms. The molecule has 17 heavy (non-hydrogen) atoms. The highest BCUT2D eigenvalue weighted by Gasteiger charge is 2.11. The lowest BCUT2D eigenvalue weighted by Crippen LogP contribution is -2.16. The molecule has 0 fully saturated rings. The number of benzene rings is 1. The van der Waals surface area contributed by atoms with Crippen LogP contribution < -0.4 is 20.5 Å². The molecule has 0 unspecified atom stereocenters. The van der Waals surface area contributed by atoms with Crippen molar-refractivity contribution in [2.75, 3.05) is 26.1 Å². The van der Waals surface area contributed by atoms with Crippen LogP contribution in [0.1, 0.15) is 6.42 Å². The predicted molar refractivity (Wildman–Crippen MR) is 66.9 cm³/mol. The molecular formula is C11H15ClN2O3. The molecule has 5 nitrogen and oxygen atoms in total. The maximum atomic E-state index is 11.4. The minimum Gasteiger partial charge on any atom is -0.495 e. The summed E-state index contributed by atoms with van der Waals surface area (Å²) in [5.74, 6) is 0.781. The van der Waals surface area contributed by atoms with E-state index >= 15 is 0 Å². The largest absolute Gasteiger partial charge is 0.495 e. The molecule has 94 valence electrons. The van der Waals surface area contributed by atoms with Gasteiger partial charge in [-0.05, 0) is 6.07 Å². The fourth-order valence-electron chi connectivity index (χ4n) is 1.30. The molecule has 1 rings (SSSR count). The normalized spacial score (nSPS) is 9.88. The van der Waals surface area contributed by atoms with Crippen molar-refractivity contribution in [2.45, 2.75) is 6.42 Å². The minimum atomic E-state index is -0.188. The second kappa shape index (κ2) is 6.32. The molecular weight excluding hydrogens is 244 g/mol. The monoisotopic (exact) mass is 258 g/mol. The highest BCUT2D eigenvalue weighted by molar-refractivity contribution is 6.32. The molecule has 6 heteroatoms. The van der Waals surface area contributed by atoms with E-state index in [4.69, 9.17) is 26.8 Å². The van der Waals surface area contributed by atoms with Crippen molar-refractivity contribution in [1.82, 2.24) is 0 Å². The number of carbonyl (C=O) groups is 1. The second-order valence-corrected chi connectivity index (χ2v) is 3.68. The van der Waals surface area contributed by atoms with E-state index in [1.165, 1.54) is 14.2 Å². The van der Waals surface area contributed by atoms with Gasteiger partial charge in [0.15, 0.2) is 0 Å². The van der Waals surface area contributed by atoms with Crippen LogP contribution in [0.4, 0.5) is 5.69 Å². The Morgan fingerprint density at radius 3 is 2.53 bits per heavy atom. The Balaban J connectivity index is 2.98. The van der Waals surface area contributed by atoms with Gasteiger partial charge in [-0.15, -0.1) is 0 Å². The average molecular weight is 259 g/mol. The summed E-state index contributed by atoms with van der Waals surface area (Å²) in [6.45, 7) is 0.290. The van der Waals surface area contributed by atoms with Gasteiger partial charge in [-0.1, -0.05) is 11.6 Å². The third-order valence-electron chi connectivity index (χ3n) is 2.12. The van der Waals surface area contributed by atoms with Gasteiger partial charge in [0.1, 0.15) is 11.5 Å². The third kappa shape index (κ3) is 3.51. The van der Waals surface area contributed by atoms with E-state index in [0.717, 1.165) is 0 Å². The molecule has 0 spiro atoms. The summed E-state index contributed by atoms with van der Waals surface area (Å²) in [4.78, 5) is 11.4. The van der Waals surface area contributed by atoms with Gasteiger partial charge in [0, 0.05) is 19.0 Å². The predicted octanol–water partition coefficient (Wildman–Crippen LogP) is 1.64. The molecule has 0 heterocycles. The average Bonchev–Trinajstić information content (AvgIpc) is 2.29. The fraction of sp³-hybridized carbons (Fsp3) is 0.364. The van der Waals surface area contributed by atoms with Crippen molar-refractivity contribution in [3.8, 4) is 11.5 Å². The summed E-state index contributed by atoms with van der Waals surface area (Å²) in [7, 11) is 3.01. The molecule has 0 radical (unpaired) electrons. The third-order valence-corrected chi connectivity index (χ3v) is 2.41. The molecule has 3 N–H and O–H groups in total. The zero-order valence-electron chi connectivity index (χ0n) is 9.75. The van der Waals surface area contributed by atoms with Crippen molar-refractivity contribution >= 4 is 23.2 Å². The van der Waals surface area contributed by atoms with E-state index in [-0.39, 0.29) is 18.9 Å². The van der Waals surface area contributed by atoms with Crippen LogP contribution in [0, 0.1) is 0 Å². The maximum absolute atomic E-state index is 11.4. The van der Waals surface area contributed by atoms with Gasteiger partial charge in [-0.25, -0.2) is 0 Å². The molecule has 0 atom stereocenters. The van der Waals surface area contributed by atoms with Gasteiger partial charge in [0.05, 0.1) is 24.9 Å². The summed E-state index contributed by atoms with van der Waals surface area (Å²) in [5.41, 5.74) is 5.79. The zero-order chi connectivity index (χ0) is 12.8. The van der Waals surface area contributed by atoms with Crippen molar-refractivity contribution in [3.05, 3.63) is 17.2 Å². The molecule has 0 saturated carbocycles. The van der Waals surface area contributed by atoms with Crippen LogP contribution in [0.3, 0.4) is 0 Å². The number of amides is 1. The number of halogens is 1. The standard InChI is InChI=1S/C11H15ClN2O3/c1-16-9-6-10(17-2)8(5-7(9)12)14-11(15)3-4-13/h5-6H,3-4,13H2,1-2H3,(H,14,15). The van der Waals surface area contributed by atoms with Gasteiger partial charge < -0.3 is 20.5 Å². The van der Waals surface area contributed by atoms with E-state index in [1.54, 1.807) is 12.1 Å². The van der Waals surface area contributed by atoms with Crippen molar-refractivity contribution in [2.24, 2.45) is 5.73 Å². The fourth-order valence-corrected chi connectivity index (χ4v) is 1.54. The Kier molecular flexibility index (Phi) is 5.06. The number of nitrogens with two attached hydrogens (primary N) is 1. The SMILES string of the molecule is COc1cc(OC)c(NC(=O)CCN)cc1Cl. The molecule has 0 aromatic heterocycles. The number of hydrogen-bond acceptors (Lipinski definition) is 4. The molecule has 1 aromatic rings. The van der Waals surface area contributed by atoms with Crippen LogP contribution in [-0.4, -0.2) is 26.7 Å². The molecule has 1 amide bonds. The summed E-state index contributed by atoms with van der Waals surface area (Å²) < 4.78 is 10.2. The Morgan fingerprint density at radius 2 is 2.00 bits per heavy atom. The van der Waals surface area contributed by atoms with Crippen LogP contribution in [0.2, 0.25) is 5.02 Å². The minimum absolute atomic E-state index is 0.188. The van der Waals surface area contributed by atoms with Crippen LogP contribution in [0.5, 0.6) is 11.5 Å². The molecule has 0 saturated heterocycles. The van der Waals surface area contributed by atoms with Gasteiger partial charge in [-0.3, -0.25) is 4.79 Å². The quantitative estimate of drug-likeness (QED) is 0.842. The summed E-state index contributed by atoms with van der Waals surface area (Å²) in [5, 5.41) is 3.07. The number of ether oxygens (including phenoxy) is 2. The van der Waals surface area contributed by atoms with Gasteiger partial charge >= 0.3 is 0 Å². The lowest BCUT2D eigenvalue weighted by Gasteiger charge is -2.12. The van der Waals surface area contributed by atoms with Crippen LogP contribution >= 0.6 is 11.6 Å². The second-order valence-electron chi connectivity index (χ2n) is 3.27. The first kappa shape index (κ1) is 13.6. The van der Waals surface area contributed by atoms with Crippen LogP contribution in [0.15, 0.2) is 12.1 Å². The highest BCUT2D eigenvalue weighted by Crippen LogP contribution is 2.35. The number of nitrogens with one attached hydrogen (secondary N) is 1. The van der Waals surface area contributed by atoms with Crippen molar-refractivity contribution in [3.63, 3.8) is 0 Å². The summed E-state index contributed by atoms with van der Waals surface area (Å²) >= 11 is 5.96. The van der Waals surface area contributed by atoms with Gasteiger partial charge in [-0.2, -0.15) is 0 Å². The number of rotatable bonds is 5. The van der Waals surface area contributed by atoms with E-state index in [2.05, 4.69) is 5.32 Å². The first-order valence-electron chi connectivity index (χ1n) is 5.03. The number of anilines is 1. The summed E-state index contributed by atoms with van der Waals surface area (Å²) in [6.07, 6.45) is 0.243. The van der Waals surface area contributed by atoms with Crippen molar-refractivity contribution < 1.29 is 14.3 Å². The van der Waals surface area contributed by atoms with E-state index in [9.17, 15) is 4.79 Å². The first-order valence-corrected chi connectivity index (χ1v) is 5.41. The lowest BCUT2D eigenvalue weighted by atomic mass is 10.2. The van der Waals surface area contributed by atoms with E-state index < -0.39 is 0 Å². The smallest absolute Gasteiger partial charge is 0.225 e. The maximum Gasteiger partial charge on any atom is 0.225 e. The lowest BCUT2D eigenvalue weighted by molar-refractivity contribution is -0.116. The number of hydrogen-bond donors (Lipinski definition) is 2. The Labute approximate surface area is 105 Å². The Bertz CT molecular complexity index is 410. The van der Waals surface area contributed by atoms with Gasteiger partial charge in [0.25, 0.3) is 0 Å². The molecule has 1 aromatic carbocycles. The first-order chi connectivity index (χ1) is 8.12. The number of carbonyl (C=O) groups excluding carboxylic acids is 1. The van der Waals surface area contributed by atoms with Crippen LogP contribution in [0.25, 0.3) is 0 Å². The Hall–Kier alpha value is -1.46. The van der Waals surface area contributed by atoms with E-state index in [1.807, 2.05) is 0 Å². The van der Waals surface area contributed by atoms with Crippen molar-refractivity contribution in [1.29, 1.82) is 0 Å². The molecule has 0 aliphatic carbocycles. The topological polar surface area (TPSA) is 73.6 Å². The molecule has 0 aliphatic heterocycles. The zero-order valence-corrected chi connectivity index (χ0v) is 10.5. The van der Waals surface area contributed by atoms with Crippen LogP contribution in [-0.2, 0) is 4.79 Å². The van der Waals surface area contributed by atoms with Gasteiger partial charge in [0.2, 0.25) is 5.91 Å². The Morgan fingerprint density at radius 1 is 1.35 bits per heavy atom. The summed E-state index contributed by atoms with van der Waals surface area (Å²) in [6, 6.07) is 3.19. The number of methoxy groups -OCH3 is 2.